The first kappa shape index (κ1) is 20.6. The molecule has 0 radical (unpaired) electrons. The second-order valence-corrected chi connectivity index (χ2v) is 6.89. The van der Waals surface area contributed by atoms with E-state index >= 15 is 0 Å². The highest BCUT2D eigenvalue weighted by molar-refractivity contribution is 6.08. The van der Waals surface area contributed by atoms with Gasteiger partial charge in [-0.05, 0) is 26.2 Å². The standard InChI is InChI=1S/C20H27N3O6/c1-11(20(25)23-8-6-5-7-9-23)28-17-14(19(24)22-2)15(26-3)12-10-13(21)29-16(12)18(17)27-4/h10-11H,5-9,21H2,1-4H3,(H,22,24). The molecule has 0 bridgehead atoms. The van der Waals surface area contributed by atoms with E-state index in [0.29, 0.717) is 18.5 Å². The smallest absolute Gasteiger partial charge is 0.263 e. The molecule has 2 aromatic rings. The summed E-state index contributed by atoms with van der Waals surface area (Å²) in [7, 11) is 4.36. The van der Waals surface area contributed by atoms with Gasteiger partial charge in [0, 0.05) is 26.2 Å². The van der Waals surface area contributed by atoms with Crippen LogP contribution in [0.2, 0.25) is 0 Å². The first-order valence-corrected chi connectivity index (χ1v) is 9.57. The van der Waals surface area contributed by atoms with Crippen LogP contribution in [0.15, 0.2) is 10.5 Å². The molecule has 1 unspecified atom stereocenters. The molecule has 1 aromatic heterocycles. The van der Waals surface area contributed by atoms with Crippen LogP contribution in [0, 0.1) is 0 Å². The van der Waals surface area contributed by atoms with Crippen LogP contribution < -0.4 is 25.3 Å². The van der Waals surface area contributed by atoms with Gasteiger partial charge in [-0.2, -0.15) is 0 Å². The number of anilines is 1. The number of nitrogens with zero attached hydrogens (tertiary/aromatic N) is 1. The lowest BCUT2D eigenvalue weighted by atomic mass is 10.1. The molecule has 3 rings (SSSR count). The number of methoxy groups -OCH3 is 2. The summed E-state index contributed by atoms with van der Waals surface area (Å²) in [5, 5.41) is 3.05. The monoisotopic (exact) mass is 405 g/mol. The molecular weight excluding hydrogens is 378 g/mol. The minimum Gasteiger partial charge on any atom is -0.495 e. The molecule has 29 heavy (non-hydrogen) atoms. The SMILES string of the molecule is CNC(=O)c1c(OC(C)C(=O)N2CCCCC2)c(OC)c2oc(N)cc2c1OC. The second-order valence-electron chi connectivity index (χ2n) is 6.89. The van der Waals surface area contributed by atoms with E-state index in [2.05, 4.69) is 5.32 Å². The number of rotatable bonds is 6. The number of piperidine rings is 1. The number of carbonyl (C=O) groups is 2. The number of carbonyl (C=O) groups excluding carboxylic acids is 2. The van der Waals surface area contributed by atoms with Crippen molar-refractivity contribution >= 4 is 28.7 Å². The average molecular weight is 405 g/mol. The molecule has 0 aliphatic carbocycles. The normalized spacial score (nSPS) is 15.1. The molecule has 9 heteroatoms. The highest BCUT2D eigenvalue weighted by Gasteiger charge is 2.32. The van der Waals surface area contributed by atoms with E-state index in [4.69, 9.17) is 24.4 Å². The Morgan fingerprint density at radius 1 is 1.14 bits per heavy atom. The molecular formula is C20H27N3O6. The molecule has 1 saturated heterocycles. The Morgan fingerprint density at radius 2 is 1.79 bits per heavy atom. The Bertz CT molecular complexity index is 917. The average Bonchev–Trinajstić information content (AvgIpc) is 3.12. The number of fused-ring (bicyclic) bond motifs is 1. The lowest BCUT2D eigenvalue weighted by Gasteiger charge is -2.30. The molecule has 1 aliphatic heterocycles. The fraction of sp³-hybridized carbons (Fsp3) is 0.500. The highest BCUT2D eigenvalue weighted by atomic mass is 16.5. The molecule has 2 amide bonds. The lowest BCUT2D eigenvalue weighted by molar-refractivity contribution is -0.138. The first-order valence-electron chi connectivity index (χ1n) is 9.57. The van der Waals surface area contributed by atoms with Crippen molar-refractivity contribution in [1.82, 2.24) is 10.2 Å². The number of benzene rings is 1. The Balaban J connectivity index is 2.11. The van der Waals surface area contributed by atoms with E-state index in [-0.39, 0.29) is 40.2 Å². The molecule has 1 fully saturated rings. The van der Waals surface area contributed by atoms with Gasteiger partial charge in [0.05, 0.1) is 19.6 Å². The molecule has 9 nitrogen and oxygen atoms in total. The number of nitrogens with one attached hydrogen (secondary N) is 1. The van der Waals surface area contributed by atoms with Gasteiger partial charge in [-0.1, -0.05) is 0 Å². The fourth-order valence-corrected chi connectivity index (χ4v) is 3.64. The van der Waals surface area contributed by atoms with E-state index in [1.54, 1.807) is 17.9 Å². The first-order chi connectivity index (χ1) is 13.9. The summed E-state index contributed by atoms with van der Waals surface area (Å²) in [4.78, 5) is 27.3. The van der Waals surface area contributed by atoms with Gasteiger partial charge in [0.15, 0.2) is 23.3 Å². The Hall–Kier alpha value is -3.10. The zero-order valence-electron chi connectivity index (χ0n) is 17.2. The van der Waals surface area contributed by atoms with Crippen molar-refractivity contribution in [2.45, 2.75) is 32.3 Å². The number of likely N-dealkylation sites (tertiary alicyclic amines) is 1. The summed E-state index contributed by atoms with van der Waals surface area (Å²) in [6, 6.07) is 1.55. The van der Waals surface area contributed by atoms with E-state index < -0.39 is 12.0 Å². The van der Waals surface area contributed by atoms with E-state index in [1.807, 2.05) is 0 Å². The number of hydrogen-bond donors (Lipinski definition) is 2. The minimum atomic E-state index is -0.833. The molecule has 1 atom stereocenters. The van der Waals surface area contributed by atoms with Gasteiger partial charge in [0.25, 0.3) is 11.8 Å². The van der Waals surface area contributed by atoms with Crippen molar-refractivity contribution in [2.24, 2.45) is 0 Å². The third-order valence-corrected chi connectivity index (χ3v) is 5.03. The van der Waals surface area contributed by atoms with E-state index in [1.165, 1.54) is 21.3 Å². The zero-order chi connectivity index (χ0) is 21.1. The maximum atomic E-state index is 12.9. The molecule has 0 spiro atoms. The van der Waals surface area contributed by atoms with Gasteiger partial charge >= 0.3 is 0 Å². The molecule has 0 saturated carbocycles. The highest BCUT2D eigenvalue weighted by Crippen LogP contribution is 2.48. The van der Waals surface area contributed by atoms with Crippen LogP contribution in [0.4, 0.5) is 5.88 Å². The van der Waals surface area contributed by atoms with Crippen LogP contribution in [0.1, 0.15) is 36.5 Å². The third kappa shape index (κ3) is 3.76. The van der Waals surface area contributed by atoms with Crippen LogP contribution in [0.3, 0.4) is 0 Å². The maximum absolute atomic E-state index is 12.9. The van der Waals surface area contributed by atoms with Crippen molar-refractivity contribution in [3.63, 3.8) is 0 Å². The molecule has 158 valence electrons. The number of hydrogen-bond acceptors (Lipinski definition) is 7. The predicted octanol–water partition coefficient (Wildman–Crippen LogP) is 2.17. The van der Waals surface area contributed by atoms with Crippen molar-refractivity contribution in [3.05, 3.63) is 11.6 Å². The number of nitrogens with two attached hydrogens (primary N) is 1. The maximum Gasteiger partial charge on any atom is 0.263 e. The molecule has 3 N–H and O–H groups in total. The summed E-state index contributed by atoms with van der Waals surface area (Å²) in [5.41, 5.74) is 6.20. The Labute approximate surface area is 169 Å². The predicted molar refractivity (Wildman–Crippen MR) is 108 cm³/mol. The topological polar surface area (TPSA) is 116 Å². The zero-order valence-corrected chi connectivity index (χ0v) is 17.2. The van der Waals surface area contributed by atoms with Crippen LogP contribution in [-0.2, 0) is 4.79 Å². The number of ether oxygens (including phenoxy) is 3. The van der Waals surface area contributed by atoms with Gasteiger partial charge in [0.1, 0.15) is 11.3 Å². The summed E-state index contributed by atoms with van der Waals surface area (Å²) < 4.78 is 22.6. The summed E-state index contributed by atoms with van der Waals surface area (Å²) >= 11 is 0. The second kappa shape index (κ2) is 8.50. The summed E-state index contributed by atoms with van der Waals surface area (Å²) in [5.74, 6) is 0.0159. The van der Waals surface area contributed by atoms with Crippen molar-refractivity contribution in [2.75, 3.05) is 40.1 Å². The van der Waals surface area contributed by atoms with Crippen LogP contribution >= 0.6 is 0 Å². The quantitative estimate of drug-likeness (QED) is 0.756. The van der Waals surface area contributed by atoms with Gasteiger partial charge in [-0.25, -0.2) is 0 Å². The lowest BCUT2D eigenvalue weighted by Crippen LogP contribution is -2.43. The van der Waals surface area contributed by atoms with Crippen molar-refractivity contribution in [3.8, 4) is 17.2 Å². The Kier molecular flexibility index (Phi) is 6.05. The Morgan fingerprint density at radius 3 is 2.38 bits per heavy atom. The summed E-state index contributed by atoms with van der Waals surface area (Å²) in [6.07, 6.45) is 2.22. The van der Waals surface area contributed by atoms with Crippen LogP contribution in [0.5, 0.6) is 17.2 Å². The van der Waals surface area contributed by atoms with Crippen molar-refractivity contribution < 1.29 is 28.2 Å². The van der Waals surface area contributed by atoms with Gasteiger partial charge in [0.2, 0.25) is 5.75 Å². The van der Waals surface area contributed by atoms with E-state index in [0.717, 1.165) is 19.3 Å². The van der Waals surface area contributed by atoms with Gasteiger partial charge < -0.3 is 34.6 Å². The van der Waals surface area contributed by atoms with Crippen LogP contribution in [-0.4, -0.2) is 57.2 Å². The van der Waals surface area contributed by atoms with Crippen molar-refractivity contribution in [1.29, 1.82) is 0 Å². The third-order valence-electron chi connectivity index (χ3n) is 5.03. The van der Waals surface area contributed by atoms with E-state index in [9.17, 15) is 9.59 Å². The summed E-state index contributed by atoms with van der Waals surface area (Å²) in [6.45, 7) is 3.04. The largest absolute Gasteiger partial charge is 0.495 e. The van der Waals surface area contributed by atoms with Gasteiger partial charge in [-0.15, -0.1) is 0 Å². The number of furan rings is 1. The minimum absolute atomic E-state index is 0.0726. The van der Waals surface area contributed by atoms with Gasteiger partial charge in [-0.3, -0.25) is 9.59 Å². The molecule has 1 aromatic carbocycles. The number of amides is 2. The van der Waals surface area contributed by atoms with Crippen LogP contribution in [0.25, 0.3) is 11.0 Å². The molecule has 1 aliphatic rings. The molecule has 2 heterocycles. The number of nitrogen functional groups attached to an aromatic ring is 1. The fourth-order valence-electron chi connectivity index (χ4n) is 3.64.